The third-order valence-corrected chi connectivity index (χ3v) is 3.45. The fraction of sp³-hybridized carbons (Fsp3) is 0.250. The fourth-order valence-corrected chi connectivity index (χ4v) is 2.35. The standard InChI is InChI=1S/C12H11F3N2S/c1-16-11(4-8-5-17-6-18-8)7-2-9(13)12(15)10(14)3-7/h2-3,5-6,11,16H,4H2,1H3. The average Bonchev–Trinajstić information content (AvgIpc) is 2.85. The van der Waals surface area contributed by atoms with Crippen LogP contribution in [0, 0.1) is 17.5 Å². The summed E-state index contributed by atoms with van der Waals surface area (Å²) in [4.78, 5) is 4.92. The Hall–Kier alpha value is -1.40. The smallest absolute Gasteiger partial charge is 0.194 e. The molecule has 2 rings (SSSR count). The molecule has 0 fully saturated rings. The molecule has 0 saturated carbocycles. The molecule has 0 aliphatic rings. The summed E-state index contributed by atoms with van der Waals surface area (Å²) in [6.07, 6.45) is 2.25. The van der Waals surface area contributed by atoms with E-state index in [2.05, 4.69) is 10.3 Å². The lowest BCUT2D eigenvalue weighted by Crippen LogP contribution is -2.19. The predicted molar refractivity (Wildman–Crippen MR) is 63.9 cm³/mol. The van der Waals surface area contributed by atoms with Crippen molar-refractivity contribution in [1.29, 1.82) is 0 Å². The molecule has 1 aromatic heterocycles. The van der Waals surface area contributed by atoms with Crippen molar-refractivity contribution in [3.8, 4) is 0 Å². The summed E-state index contributed by atoms with van der Waals surface area (Å²) in [7, 11) is 1.69. The molecular weight excluding hydrogens is 261 g/mol. The van der Waals surface area contributed by atoms with Crippen LogP contribution in [-0.4, -0.2) is 12.0 Å². The molecule has 96 valence electrons. The minimum Gasteiger partial charge on any atom is -0.313 e. The largest absolute Gasteiger partial charge is 0.313 e. The SMILES string of the molecule is CNC(Cc1cncs1)c1cc(F)c(F)c(F)c1. The fourth-order valence-electron chi connectivity index (χ4n) is 1.71. The first-order chi connectivity index (χ1) is 8.61. The molecule has 0 saturated heterocycles. The molecule has 1 aromatic carbocycles. The van der Waals surface area contributed by atoms with E-state index in [-0.39, 0.29) is 6.04 Å². The lowest BCUT2D eigenvalue weighted by Gasteiger charge is -2.16. The van der Waals surface area contributed by atoms with Gasteiger partial charge in [-0.15, -0.1) is 11.3 Å². The predicted octanol–water partition coefficient (Wildman–Crippen LogP) is 3.06. The van der Waals surface area contributed by atoms with Gasteiger partial charge in [0.1, 0.15) is 0 Å². The van der Waals surface area contributed by atoms with Gasteiger partial charge in [-0.05, 0) is 24.7 Å². The van der Waals surface area contributed by atoms with E-state index in [1.165, 1.54) is 11.3 Å². The molecule has 0 bridgehead atoms. The third kappa shape index (κ3) is 2.70. The zero-order valence-electron chi connectivity index (χ0n) is 9.58. The van der Waals surface area contributed by atoms with Gasteiger partial charge in [-0.1, -0.05) is 0 Å². The van der Waals surface area contributed by atoms with Crippen molar-refractivity contribution >= 4 is 11.3 Å². The van der Waals surface area contributed by atoms with Crippen molar-refractivity contribution in [2.45, 2.75) is 12.5 Å². The van der Waals surface area contributed by atoms with E-state index in [9.17, 15) is 13.2 Å². The Labute approximate surface area is 106 Å². The van der Waals surface area contributed by atoms with Gasteiger partial charge < -0.3 is 5.32 Å². The van der Waals surface area contributed by atoms with Crippen LogP contribution in [0.1, 0.15) is 16.5 Å². The summed E-state index contributed by atoms with van der Waals surface area (Å²) < 4.78 is 39.2. The zero-order chi connectivity index (χ0) is 13.1. The van der Waals surface area contributed by atoms with E-state index in [0.29, 0.717) is 12.0 Å². The number of nitrogens with zero attached hydrogens (tertiary/aromatic N) is 1. The number of thiazole rings is 1. The van der Waals surface area contributed by atoms with Crippen molar-refractivity contribution in [3.05, 3.63) is 51.7 Å². The average molecular weight is 272 g/mol. The number of rotatable bonds is 4. The second-order valence-corrected chi connectivity index (χ2v) is 4.78. The molecule has 1 atom stereocenters. The van der Waals surface area contributed by atoms with Crippen molar-refractivity contribution in [2.75, 3.05) is 7.05 Å². The molecule has 1 N–H and O–H groups in total. The lowest BCUT2D eigenvalue weighted by molar-refractivity contribution is 0.441. The summed E-state index contributed by atoms with van der Waals surface area (Å²) >= 11 is 1.46. The first kappa shape index (κ1) is 13.0. The molecule has 1 heterocycles. The minimum atomic E-state index is -1.44. The van der Waals surface area contributed by atoms with Gasteiger partial charge in [0.05, 0.1) is 5.51 Å². The van der Waals surface area contributed by atoms with Crippen LogP contribution in [-0.2, 0) is 6.42 Å². The van der Waals surface area contributed by atoms with E-state index in [1.54, 1.807) is 18.8 Å². The number of hydrogen-bond acceptors (Lipinski definition) is 3. The Morgan fingerprint density at radius 3 is 2.44 bits per heavy atom. The second-order valence-electron chi connectivity index (χ2n) is 3.81. The van der Waals surface area contributed by atoms with E-state index in [4.69, 9.17) is 0 Å². The molecule has 0 amide bonds. The van der Waals surface area contributed by atoms with Gasteiger partial charge in [-0.3, -0.25) is 4.98 Å². The summed E-state index contributed by atoms with van der Waals surface area (Å²) in [5, 5.41) is 2.95. The number of hydrogen-bond donors (Lipinski definition) is 1. The highest BCUT2D eigenvalue weighted by molar-refractivity contribution is 7.09. The van der Waals surface area contributed by atoms with Crippen LogP contribution < -0.4 is 5.32 Å². The first-order valence-electron chi connectivity index (χ1n) is 5.31. The van der Waals surface area contributed by atoms with Gasteiger partial charge in [0.25, 0.3) is 0 Å². The molecule has 6 heteroatoms. The van der Waals surface area contributed by atoms with Gasteiger partial charge >= 0.3 is 0 Å². The van der Waals surface area contributed by atoms with Gasteiger partial charge in [0.15, 0.2) is 17.5 Å². The summed E-state index contributed by atoms with van der Waals surface area (Å²) in [6, 6.07) is 1.75. The number of benzene rings is 1. The van der Waals surface area contributed by atoms with Crippen LogP contribution in [0.4, 0.5) is 13.2 Å². The molecule has 18 heavy (non-hydrogen) atoms. The van der Waals surface area contributed by atoms with Crippen LogP contribution in [0.2, 0.25) is 0 Å². The Bertz CT molecular complexity index is 505. The zero-order valence-corrected chi connectivity index (χ0v) is 10.4. The molecule has 2 nitrogen and oxygen atoms in total. The number of likely N-dealkylation sites (N-methyl/N-ethyl adjacent to an activating group) is 1. The Morgan fingerprint density at radius 1 is 1.28 bits per heavy atom. The highest BCUT2D eigenvalue weighted by Gasteiger charge is 2.17. The van der Waals surface area contributed by atoms with Crippen LogP contribution >= 0.6 is 11.3 Å². The molecule has 0 spiro atoms. The second kappa shape index (κ2) is 5.49. The van der Waals surface area contributed by atoms with Gasteiger partial charge in [0, 0.05) is 23.5 Å². The number of halogens is 3. The molecule has 0 aliphatic heterocycles. The monoisotopic (exact) mass is 272 g/mol. The normalized spacial score (nSPS) is 12.7. The van der Waals surface area contributed by atoms with Gasteiger partial charge in [-0.25, -0.2) is 13.2 Å². The van der Waals surface area contributed by atoms with E-state index >= 15 is 0 Å². The minimum absolute atomic E-state index is 0.282. The van der Waals surface area contributed by atoms with Crippen LogP contribution in [0.3, 0.4) is 0 Å². The van der Waals surface area contributed by atoms with Crippen molar-refractivity contribution in [2.24, 2.45) is 0 Å². The van der Waals surface area contributed by atoms with Crippen molar-refractivity contribution in [1.82, 2.24) is 10.3 Å². The van der Waals surface area contributed by atoms with Crippen LogP contribution in [0.25, 0.3) is 0 Å². The van der Waals surface area contributed by atoms with Crippen molar-refractivity contribution in [3.63, 3.8) is 0 Å². The van der Waals surface area contributed by atoms with Crippen LogP contribution in [0.5, 0.6) is 0 Å². The maximum absolute atomic E-state index is 13.2. The molecule has 0 aliphatic carbocycles. The summed E-state index contributed by atoms with van der Waals surface area (Å²) in [5.41, 5.74) is 2.07. The number of nitrogens with one attached hydrogen (secondary N) is 1. The van der Waals surface area contributed by atoms with E-state index < -0.39 is 17.5 Å². The topological polar surface area (TPSA) is 24.9 Å². The lowest BCUT2D eigenvalue weighted by atomic mass is 10.0. The number of aromatic nitrogens is 1. The summed E-state index contributed by atoms with van der Waals surface area (Å²) in [6.45, 7) is 0. The highest BCUT2D eigenvalue weighted by Crippen LogP contribution is 2.23. The maximum atomic E-state index is 13.2. The van der Waals surface area contributed by atoms with E-state index in [1.807, 2.05) is 0 Å². The first-order valence-corrected chi connectivity index (χ1v) is 6.19. The maximum Gasteiger partial charge on any atom is 0.194 e. The molecule has 0 radical (unpaired) electrons. The quantitative estimate of drug-likeness (QED) is 0.865. The molecule has 2 aromatic rings. The summed E-state index contributed by atoms with van der Waals surface area (Å²) in [5.74, 6) is -3.78. The van der Waals surface area contributed by atoms with Gasteiger partial charge in [-0.2, -0.15) is 0 Å². The Balaban J connectivity index is 2.27. The highest BCUT2D eigenvalue weighted by atomic mass is 32.1. The Morgan fingerprint density at radius 2 is 1.94 bits per heavy atom. The van der Waals surface area contributed by atoms with E-state index in [0.717, 1.165) is 17.0 Å². The Kier molecular flexibility index (Phi) is 3.98. The molecule has 1 unspecified atom stereocenters. The van der Waals surface area contributed by atoms with Gasteiger partial charge in [0.2, 0.25) is 0 Å². The molecular formula is C12H11F3N2S. The van der Waals surface area contributed by atoms with Crippen molar-refractivity contribution < 1.29 is 13.2 Å². The third-order valence-electron chi connectivity index (χ3n) is 2.65. The van der Waals surface area contributed by atoms with Crippen LogP contribution in [0.15, 0.2) is 23.8 Å².